The Kier molecular flexibility index (Phi) is 4.93. The van der Waals surface area contributed by atoms with Crippen LogP contribution in [0.3, 0.4) is 0 Å². The van der Waals surface area contributed by atoms with Gasteiger partial charge in [-0.1, -0.05) is 0 Å². The minimum absolute atomic E-state index is 0.402. The van der Waals surface area contributed by atoms with Crippen molar-refractivity contribution in [3.8, 4) is 17.6 Å². The van der Waals surface area contributed by atoms with E-state index < -0.39 is 17.1 Å². The second-order valence-corrected chi connectivity index (χ2v) is 6.93. The van der Waals surface area contributed by atoms with Crippen LogP contribution in [-0.2, 0) is 10.2 Å². The first-order chi connectivity index (χ1) is 11.2. The summed E-state index contributed by atoms with van der Waals surface area (Å²) in [6, 6.07) is 5.98. The summed E-state index contributed by atoms with van der Waals surface area (Å²) in [5.74, 6) is 0.877. The summed E-state index contributed by atoms with van der Waals surface area (Å²) in [6.07, 6.45) is 2.02. The van der Waals surface area contributed by atoms with E-state index in [1.54, 1.807) is 26.8 Å². The maximum atomic E-state index is 12.1. The van der Waals surface area contributed by atoms with Gasteiger partial charge in [0.25, 0.3) is 0 Å². The fourth-order valence-electron chi connectivity index (χ4n) is 2.74. The van der Waals surface area contributed by atoms with Crippen molar-refractivity contribution >= 4 is 11.8 Å². The van der Waals surface area contributed by atoms with Crippen LogP contribution in [0, 0.1) is 11.3 Å². The van der Waals surface area contributed by atoms with Gasteiger partial charge < -0.3 is 14.2 Å². The highest BCUT2D eigenvalue weighted by atomic mass is 16.6. The summed E-state index contributed by atoms with van der Waals surface area (Å²) in [6.45, 7) is 5.37. The zero-order chi connectivity index (χ0) is 18.0. The predicted molar refractivity (Wildman–Crippen MR) is 90.5 cm³/mol. The quantitative estimate of drug-likeness (QED) is 0.901. The number of carbonyl (C=O) groups is 1. The summed E-state index contributed by atoms with van der Waals surface area (Å²) in [5.41, 5.74) is 0.118. The minimum atomic E-state index is -0.610. The van der Waals surface area contributed by atoms with Crippen molar-refractivity contribution in [1.82, 2.24) is 0 Å². The molecule has 0 saturated heterocycles. The van der Waals surface area contributed by atoms with Gasteiger partial charge in [-0.05, 0) is 57.7 Å². The fraction of sp³-hybridized carbons (Fsp3) is 0.556. The number of amides is 1. The third kappa shape index (κ3) is 3.56. The number of anilines is 1. The summed E-state index contributed by atoms with van der Waals surface area (Å²) < 4.78 is 16.1. The average molecular weight is 332 g/mol. The molecule has 1 aromatic rings. The van der Waals surface area contributed by atoms with Crippen molar-refractivity contribution in [1.29, 1.82) is 5.26 Å². The molecule has 1 aliphatic carbocycles. The highest BCUT2D eigenvalue weighted by Gasteiger charge is 2.40. The maximum Gasteiger partial charge on any atom is 0.412 e. The number of nitriles is 1. The number of nitrogens with one attached hydrogen (secondary N) is 1. The lowest BCUT2D eigenvalue weighted by atomic mass is 9.65. The standard InChI is InChI=1S/C18H24N2O4/c1-17(2,3)24-16(21)20-13-9-12(18(11-19)7-6-8-18)10-14(22-4)15(13)23-5/h9-10H,6-8H2,1-5H3,(H,20,21). The van der Waals surface area contributed by atoms with Gasteiger partial charge in [-0.25, -0.2) is 4.79 Å². The lowest BCUT2D eigenvalue weighted by Gasteiger charge is -2.36. The van der Waals surface area contributed by atoms with Gasteiger partial charge in [-0.3, -0.25) is 5.32 Å². The number of hydrogen-bond donors (Lipinski definition) is 1. The van der Waals surface area contributed by atoms with Gasteiger partial charge in [0.2, 0.25) is 0 Å². The first kappa shape index (κ1) is 17.9. The largest absolute Gasteiger partial charge is 0.493 e. The number of methoxy groups -OCH3 is 2. The number of rotatable bonds is 4. The molecule has 0 aliphatic heterocycles. The Labute approximate surface area is 142 Å². The van der Waals surface area contributed by atoms with Gasteiger partial charge in [0.05, 0.1) is 31.4 Å². The summed E-state index contributed by atoms with van der Waals surface area (Å²) in [4.78, 5) is 12.1. The van der Waals surface area contributed by atoms with Crippen molar-refractivity contribution in [2.45, 2.75) is 51.0 Å². The smallest absolute Gasteiger partial charge is 0.412 e. The molecule has 0 radical (unpaired) electrons. The minimum Gasteiger partial charge on any atom is -0.493 e. The van der Waals surface area contributed by atoms with Gasteiger partial charge in [0, 0.05) is 0 Å². The lowest BCUT2D eigenvalue weighted by Crippen LogP contribution is -2.32. The summed E-state index contributed by atoms with van der Waals surface area (Å²) in [5, 5.41) is 12.3. The topological polar surface area (TPSA) is 80.6 Å². The molecule has 0 bridgehead atoms. The predicted octanol–water partition coefficient (Wildman–Crippen LogP) is 4.00. The van der Waals surface area contributed by atoms with Gasteiger partial charge in [-0.15, -0.1) is 0 Å². The molecule has 6 heteroatoms. The molecule has 1 saturated carbocycles. The van der Waals surface area contributed by atoms with Crippen molar-refractivity contribution in [2.24, 2.45) is 0 Å². The Bertz CT molecular complexity index is 667. The highest BCUT2D eigenvalue weighted by molar-refractivity contribution is 5.88. The van der Waals surface area contributed by atoms with Gasteiger partial charge in [0.1, 0.15) is 5.60 Å². The van der Waals surface area contributed by atoms with Crippen molar-refractivity contribution < 1.29 is 19.0 Å². The van der Waals surface area contributed by atoms with Crippen molar-refractivity contribution in [2.75, 3.05) is 19.5 Å². The first-order valence-corrected chi connectivity index (χ1v) is 7.92. The normalized spacial score (nSPS) is 15.7. The molecule has 130 valence electrons. The van der Waals surface area contributed by atoms with Crippen LogP contribution in [0.1, 0.15) is 45.6 Å². The second kappa shape index (κ2) is 6.60. The van der Waals surface area contributed by atoms with E-state index in [2.05, 4.69) is 11.4 Å². The average Bonchev–Trinajstić information content (AvgIpc) is 2.44. The number of ether oxygens (including phenoxy) is 3. The SMILES string of the molecule is COc1cc(C2(C#N)CCC2)cc(NC(=O)OC(C)(C)C)c1OC. The van der Waals surface area contributed by atoms with E-state index in [-0.39, 0.29) is 0 Å². The van der Waals surface area contributed by atoms with Crippen LogP contribution in [0.4, 0.5) is 10.5 Å². The molecular formula is C18H24N2O4. The van der Waals surface area contributed by atoms with Crippen LogP contribution in [0.15, 0.2) is 12.1 Å². The van der Waals surface area contributed by atoms with Gasteiger partial charge in [-0.2, -0.15) is 5.26 Å². The Morgan fingerprint density at radius 1 is 1.25 bits per heavy atom. The van der Waals surface area contributed by atoms with Crippen LogP contribution in [0.25, 0.3) is 0 Å². The van der Waals surface area contributed by atoms with Crippen molar-refractivity contribution in [3.05, 3.63) is 17.7 Å². The molecule has 2 rings (SSSR count). The van der Waals surface area contributed by atoms with Crippen LogP contribution in [0.5, 0.6) is 11.5 Å². The first-order valence-electron chi connectivity index (χ1n) is 7.92. The lowest BCUT2D eigenvalue weighted by molar-refractivity contribution is 0.0635. The molecule has 24 heavy (non-hydrogen) atoms. The fourth-order valence-corrected chi connectivity index (χ4v) is 2.74. The molecule has 1 aromatic carbocycles. The van der Waals surface area contributed by atoms with E-state index in [9.17, 15) is 10.1 Å². The van der Waals surface area contributed by atoms with Crippen molar-refractivity contribution in [3.63, 3.8) is 0 Å². The molecule has 0 unspecified atom stereocenters. The Hall–Kier alpha value is -2.42. The molecule has 0 heterocycles. The molecule has 6 nitrogen and oxygen atoms in total. The van der Waals surface area contributed by atoms with Gasteiger partial charge >= 0.3 is 6.09 Å². The number of benzene rings is 1. The van der Waals surface area contributed by atoms with Gasteiger partial charge in [0.15, 0.2) is 11.5 Å². The molecular weight excluding hydrogens is 308 g/mol. The zero-order valence-corrected chi connectivity index (χ0v) is 14.9. The Morgan fingerprint density at radius 3 is 2.33 bits per heavy atom. The van der Waals surface area contributed by atoms with E-state index in [0.29, 0.717) is 17.2 Å². The Balaban J connectivity index is 2.41. The molecule has 1 amide bonds. The van der Waals surface area contributed by atoms with Crippen LogP contribution in [0.2, 0.25) is 0 Å². The van der Waals surface area contributed by atoms with E-state index >= 15 is 0 Å². The Morgan fingerprint density at radius 2 is 1.92 bits per heavy atom. The maximum absolute atomic E-state index is 12.1. The summed E-state index contributed by atoms with van der Waals surface area (Å²) >= 11 is 0. The molecule has 0 spiro atoms. The van der Waals surface area contributed by atoms with E-state index in [0.717, 1.165) is 24.8 Å². The highest BCUT2D eigenvalue weighted by Crippen LogP contribution is 2.47. The number of hydrogen-bond acceptors (Lipinski definition) is 5. The molecule has 1 aliphatic rings. The molecule has 0 aromatic heterocycles. The number of carbonyl (C=O) groups excluding carboxylic acids is 1. The molecule has 1 N–H and O–H groups in total. The second-order valence-electron chi connectivity index (χ2n) is 6.93. The van der Waals surface area contributed by atoms with E-state index in [1.165, 1.54) is 14.2 Å². The molecule has 1 fully saturated rings. The molecule has 0 atom stereocenters. The van der Waals surface area contributed by atoms with Crippen LogP contribution < -0.4 is 14.8 Å². The third-order valence-corrected chi connectivity index (χ3v) is 4.09. The third-order valence-electron chi connectivity index (χ3n) is 4.09. The summed E-state index contributed by atoms with van der Waals surface area (Å²) in [7, 11) is 3.03. The van der Waals surface area contributed by atoms with E-state index in [1.807, 2.05) is 6.07 Å². The zero-order valence-electron chi connectivity index (χ0n) is 14.9. The number of nitrogens with zero attached hydrogens (tertiary/aromatic N) is 1. The monoisotopic (exact) mass is 332 g/mol. The van der Waals surface area contributed by atoms with E-state index in [4.69, 9.17) is 14.2 Å². The van der Waals surface area contributed by atoms with Crippen LogP contribution in [-0.4, -0.2) is 25.9 Å². The van der Waals surface area contributed by atoms with Crippen LogP contribution >= 0.6 is 0 Å².